The summed E-state index contributed by atoms with van der Waals surface area (Å²) in [5.41, 5.74) is 1.46. The van der Waals surface area contributed by atoms with Gasteiger partial charge in [-0.1, -0.05) is 18.2 Å². The summed E-state index contributed by atoms with van der Waals surface area (Å²) in [5.74, 6) is -0.201. The third-order valence-corrected chi connectivity index (χ3v) is 5.31. The van der Waals surface area contributed by atoms with E-state index in [1.165, 1.54) is 6.26 Å². The van der Waals surface area contributed by atoms with Gasteiger partial charge < -0.3 is 18.9 Å². The Morgan fingerprint density at radius 1 is 1.13 bits per heavy atom. The molecule has 0 aliphatic heterocycles. The van der Waals surface area contributed by atoms with Crippen molar-refractivity contribution in [1.82, 2.24) is 10.2 Å². The summed E-state index contributed by atoms with van der Waals surface area (Å²) in [6, 6.07) is 14.2. The predicted molar refractivity (Wildman–Crippen MR) is 109 cm³/mol. The van der Waals surface area contributed by atoms with Crippen LogP contribution in [0.5, 0.6) is 0 Å². The van der Waals surface area contributed by atoms with Gasteiger partial charge in [-0.2, -0.15) is 0 Å². The molecule has 4 rings (SSSR count). The van der Waals surface area contributed by atoms with Crippen LogP contribution in [0.1, 0.15) is 44.7 Å². The summed E-state index contributed by atoms with van der Waals surface area (Å²) in [6.07, 6.45) is 0.685. The smallest absolute Gasteiger partial charge is 0.349 e. The highest BCUT2D eigenvalue weighted by molar-refractivity contribution is 7.18. The van der Waals surface area contributed by atoms with E-state index in [0.717, 1.165) is 16.9 Å². The number of nitrogens with zero attached hydrogens (tertiary/aromatic N) is 2. The number of thiophene rings is 1. The fraction of sp³-hybridized carbons (Fsp3) is 0.143. The summed E-state index contributed by atoms with van der Waals surface area (Å²) in [6.45, 7) is 3.42. The molecule has 8 nitrogen and oxygen atoms in total. The molecule has 0 spiro atoms. The number of aryl methyl sites for hydroxylation is 1. The monoisotopic (exact) mass is 423 g/mol. The molecule has 30 heavy (non-hydrogen) atoms. The van der Waals surface area contributed by atoms with E-state index in [1.54, 1.807) is 32.0 Å². The van der Waals surface area contributed by atoms with E-state index in [1.807, 2.05) is 30.3 Å². The van der Waals surface area contributed by atoms with Crippen LogP contribution in [0.3, 0.4) is 0 Å². The molecule has 1 aromatic carbocycles. The highest BCUT2D eigenvalue weighted by Crippen LogP contribution is 2.30. The van der Waals surface area contributed by atoms with Crippen LogP contribution in [0.25, 0.3) is 11.5 Å². The van der Waals surface area contributed by atoms with Gasteiger partial charge in [-0.3, -0.25) is 4.79 Å². The summed E-state index contributed by atoms with van der Waals surface area (Å²) in [4.78, 5) is 25.1. The lowest BCUT2D eigenvalue weighted by molar-refractivity contribution is 0.0285. The number of rotatable bonds is 6. The van der Waals surface area contributed by atoms with Crippen LogP contribution < -0.4 is 5.32 Å². The third-order valence-electron chi connectivity index (χ3n) is 4.18. The second-order valence-electron chi connectivity index (χ2n) is 6.41. The number of nitrogens with one attached hydrogen (secondary N) is 1. The van der Waals surface area contributed by atoms with Gasteiger partial charge in [0, 0.05) is 5.56 Å². The van der Waals surface area contributed by atoms with E-state index in [0.29, 0.717) is 21.3 Å². The number of ether oxygens (including phenoxy) is 1. The Hall–Kier alpha value is -3.72. The number of aromatic nitrogens is 2. The molecule has 4 aromatic rings. The van der Waals surface area contributed by atoms with Crippen molar-refractivity contribution in [2.75, 3.05) is 5.32 Å². The van der Waals surface area contributed by atoms with Crippen LogP contribution in [-0.4, -0.2) is 22.1 Å². The van der Waals surface area contributed by atoms with Crippen LogP contribution in [0.4, 0.5) is 5.00 Å². The van der Waals surface area contributed by atoms with Crippen LogP contribution >= 0.6 is 11.3 Å². The van der Waals surface area contributed by atoms with Crippen LogP contribution in [0.15, 0.2) is 63.6 Å². The zero-order valence-electron chi connectivity index (χ0n) is 16.1. The fourth-order valence-electron chi connectivity index (χ4n) is 2.69. The number of hydrogen-bond donors (Lipinski definition) is 1. The van der Waals surface area contributed by atoms with Crippen molar-refractivity contribution < 1.29 is 23.2 Å². The molecule has 0 saturated carbocycles. The SMILES string of the molecule is Cc1cc(NC(=O)c2ccco2)sc1C(=O)OC(C)c1nnc(-c2ccccc2)o1. The van der Waals surface area contributed by atoms with Crippen molar-refractivity contribution in [3.05, 3.63) is 76.9 Å². The van der Waals surface area contributed by atoms with Gasteiger partial charge in [-0.05, 0) is 49.7 Å². The van der Waals surface area contributed by atoms with Gasteiger partial charge in [0.15, 0.2) is 11.9 Å². The maximum Gasteiger partial charge on any atom is 0.349 e. The molecule has 152 valence electrons. The first-order valence-electron chi connectivity index (χ1n) is 9.06. The number of carbonyl (C=O) groups excluding carboxylic acids is 2. The predicted octanol–water partition coefficient (Wildman–Crippen LogP) is 4.87. The first-order valence-corrected chi connectivity index (χ1v) is 9.88. The second-order valence-corrected chi connectivity index (χ2v) is 7.47. The number of furan rings is 1. The van der Waals surface area contributed by atoms with Crippen molar-refractivity contribution >= 4 is 28.2 Å². The molecule has 0 aliphatic carbocycles. The lowest BCUT2D eigenvalue weighted by Gasteiger charge is -2.08. The van der Waals surface area contributed by atoms with Crippen molar-refractivity contribution in [3.8, 4) is 11.5 Å². The maximum atomic E-state index is 12.6. The first-order chi connectivity index (χ1) is 14.5. The van der Waals surface area contributed by atoms with E-state index < -0.39 is 18.0 Å². The Labute approximate surface area is 175 Å². The zero-order valence-corrected chi connectivity index (χ0v) is 16.9. The van der Waals surface area contributed by atoms with E-state index in [2.05, 4.69) is 15.5 Å². The van der Waals surface area contributed by atoms with E-state index in [-0.39, 0.29) is 11.7 Å². The molecule has 1 N–H and O–H groups in total. The molecule has 0 saturated heterocycles. The normalized spacial score (nSPS) is 11.8. The number of carbonyl (C=O) groups is 2. The largest absolute Gasteiger partial charge is 0.459 e. The van der Waals surface area contributed by atoms with Crippen LogP contribution in [0.2, 0.25) is 0 Å². The maximum absolute atomic E-state index is 12.6. The van der Waals surface area contributed by atoms with Gasteiger partial charge in [-0.25, -0.2) is 4.79 Å². The molecule has 9 heteroatoms. The molecule has 1 unspecified atom stereocenters. The number of benzene rings is 1. The topological polar surface area (TPSA) is 107 Å². The van der Waals surface area contributed by atoms with Gasteiger partial charge in [0.25, 0.3) is 11.8 Å². The van der Waals surface area contributed by atoms with Gasteiger partial charge in [0.05, 0.1) is 11.3 Å². The van der Waals surface area contributed by atoms with Crippen LogP contribution in [-0.2, 0) is 4.74 Å². The Morgan fingerprint density at radius 3 is 2.67 bits per heavy atom. The summed E-state index contributed by atoms with van der Waals surface area (Å²) in [7, 11) is 0. The molecule has 1 atom stereocenters. The van der Waals surface area contributed by atoms with Crippen LogP contribution in [0, 0.1) is 6.92 Å². The molecule has 0 aliphatic rings. The highest BCUT2D eigenvalue weighted by atomic mass is 32.1. The minimum absolute atomic E-state index is 0.185. The van der Waals surface area contributed by atoms with E-state index in [9.17, 15) is 9.59 Å². The van der Waals surface area contributed by atoms with Gasteiger partial charge in [0.2, 0.25) is 5.89 Å². The fourth-order valence-corrected chi connectivity index (χ4v) is 3.64. The lowest BCUT2D eigenvalue weighted by Crippen LogP contribution is -2.10. The first kappa shape index (κ1) is 19.6. The summed E-state index contributed by atoms with van der Waals surface area (Å²) < 4.78 is 16.2. The van der Waals surface area contributed by atoms with Gasteiger partial charge in [-0.15, -0.1) is 21.5 Å². The van der Waals surface area contributed by atoms with Gasteiger partial charge in [0.1, 0.15) is 4.88 Å². The number of anilines is 1. The Kier molecular flexibility index (Phi) is 5.44. The molecule has 3 aromatic heterocycles. The minimum Gasteiger partial charge on any atom is -0.459 e. The van der Waals surface area contributed by atoms with E-state index in [4.69, 9.17) is 13.6 Å². The van der Waals surface area contributed by atoms with Crippen molar-refractivity contribution in [3.63, 3.8) is 0 Å². The Bertz CT molecular complexity index is 1160. The molecular weight excluding hydrogens is 406 g/mol. The quantitative estimate of drug-likeness (QED) is 0.441. The minimum atomic E-state index is -0.731. The molecule has 3 heterocycles. The standard InChI is InChI=1S/C21H17N3O5S/c1-12-11-16(22-18(25)15-9-6-10-27-15)30-17(12)21(26)28-13(2)19-23-24-20(29-19)14-7-4-3-5-8-14/h3-11,13H,1-2H3,(H,22,25). The number of hydrogen-bond acceptors (Lipinski definition) is 8. The number of amides is 1. The second kappa shape index (κ2) is 8.34. The van der Waals surface area contributed by atoms with Crippen molar-refractivity contribution in [2.24, 2.45) is 0 Å². The van der Waals surface area contributed by atoms with Gasteiger partial charge >= 0.3 is 5.97 Å². The Balaban J connectivity index is 1.43. The van der Waals surface area contributed by atoms with Crippen molar-refractivity contribution in [1.29, 1.82) is 0 Å². The summed E-state index contributed by atoms with van der Waals surface area (Å²) in [5, 5.41) is 11.2. The Morgan fingerprint density at radius 2 is 1.93 bits per heavy atom. The molecule has 0 fully saturated rings. The number of esters is 1. The van der Waals surface area contributed by atoms with E-state index >= 15 is 0 Å². The molecule has 0 bridgehead atoms. The third kappa shape index (κ3) is 4.15. The zero-order chi connectivity index (χ0) is 21.1. The molecule has 0 radical (unpaired) electrons. The molecular formula is C21H17N3O5S. The summed E-state index contributed by atoms with van der Waals surface area (Å²) >= 11 is 1.12. The van der Waals surface area contributed by atoms with Crippen molar-refractivity contribution in [2.45, 2.75) is 20.0 Å². The average Bonchev–Trinajstić information content (AvgIpc) is 3.49. The average molecular weight is 423 g/mol. The highest BCUT2D eigenvalue weighted by Gasteiger charge is 2.23. The molecule has 1 amide bonds. The lowest BCUT2D eigenvalue weighted by atomic mass is 10.2.